The van der Waals surface area contributed by atoms with Crippen molar-refractivity contribution in [3.8, 4) is 5.75 Å². The maximum absolute atomic E-state index is 13.7. The Balaban J connectivity index is 1.35. The third-order valence-electron chi connectivity index (χ3n) is 5.99. The molecule has 4 rings (SSSR count). The predicted octanol–water partition coefficient (Wildman–Crippen LogP) is 4.50. The third kappa shape index (κ3) is 6.74. The van der Waals surface area contributed by atoms with E-state index in [1.807, 2.05) is 0 Å². The molecule has 1 aliphatic carbocycles. The summed E-state index contributed by atoms with van der Waals surface area (Å²) in [7, 11) is 0. The van der Waals surface area contributed by atoms with Gasteiger partial charge in [0.2, 0.25) is 0 Å². The molecular formula is C28H26FN3O6S. The lowest BCUT2D eigenvalue weighted by Crippen LogP contribution is -2.32. The summed E-state index contributed by atoms with van der Waals surface area (Å²) in [4.78, 5) is 50.6. The van der Waals surface area contributed by atoms with Gasteiger partial charge >= 0.3 is 23.8 Å². The number of nitrogens with one attached hydrogen (secondary N) is 2. The van der Waals surface area contributed by atoms with Crippen molar-refractivity contribution >= 4 is 46.3 Å². The van der Waals surface area contributed by atoms with E-state index in [1.165, 1.54) is 47.9 Å². The molecule has 11 heteroatoms. The zero-order valence-electron chi connectivity index (χ0n) is 21.3. The van der Waals surface area contributed by atoms with E-state index >= 15 is 0 Å². The smallest absolute Gasteiger partial charge is 0.346 e. The number of hydrogen-bond acceptors (Lipinski definition) is 8. The lowest BCUT2D eigenvalue weighted by molar-refractivity contribution is -0.136. The van der Waals surface area contributed by atoms with E-state index in [1.54, 1.807) is 19.1 Å². The van der Waals surface area contributed by atoms with E-state index in [2.05, 4.69) is 22.8 Å². The molecule has 1 aromatic heterocycles. The number of rotatable bonds is 7. The maximum Gasteiger partial charge on any atom is 0.346 e. The topological polar surface area (TPSA) is 123 Å². The molecule has 0 fully saturated rings. The normalized spacial score (nSPS) is 14.4. The number of hydrogen-bond donors (Lipinski definition) is 2. The highest BCUT2D eigenvalue weighted by Crippen LogP contribution is 2.40. The van der Waals surface area contributed by atoms with Crippen LogP contribution in [0.1, 0.15) is 57.0 Å². The standard InChI is InChI=1S/C28H26FN3O6S/c1-3-37-28(36)23-20-13-8-16(2)14-22(20)39-26(23)31-24(33)25(34)32-30-15-17-9-11-18(12-10-17)38-27(35)19-6-4-5-7-21(19)29/h4-7,9-12,15-16H,3,8,13-14H2,1-2H3,(H,31,33)(H,32,34)/b30-15-/t16-/m1/s1. The summed E-state index contributed by atoms with van der Waals surface area (Å²) in [5, 5.41) is 6.61. The van der Waals surface area contributed by atoms with Gasteiger partial charge in [-0.1, -0.05) is 19.1 Å². The summed E-state index contributed by atoms with van der Waals surface area (Å²) in [6.45, 7) is 4.02. The number of halogens is 1. The second kappa shape index (κ2) is 12.4. The van der Waals surface area contributed by atoms with Crippen LogP contribution in [0, 0.1) is 11.7 Å². The molecule has 39 heavy (non-hydrogen) atoms. The number of anilines is 1. The van der Waals surface area contributed by atoms with Crippen LogP contribution in [-0.4, -0.2) is 36.6 Å². The van der Waals surface area contributed by atoms with E-state index in [9.17, 15) is 23.6 Å². The van der Waals surface area contributed by atoms with E-state index in [-0.39, 0.29) is 22.9 Å². The molecule has 0 aliphatic heterocycles. The summed E-state index contributed by atoms with van der Waals surface area (Å²) < 4.78 is 24.1. The highest BCUT2D eigenvalue weighted by atomic mass is 32.1. The molecule has 0 saturated heterocycles. The van der Waals surface area contributed by atoms with Gasteiger partial charge in [-0.25, -0.2) is 19.4 Å². The first kappa shape index (κ1) is 27.6. The Labute approximate surface area is 228 Å². The molecule has 2 N–H and O–H groups in total. The van der Waals surface area contributed by atoms with Crippen molar-refractivity contribution in [1.82, 2.24) is 5.43 Å². The molecule has 202 valence electrons. The van der Waals surface area contributed by atoms with Crippen LogP contribution in [0.4, 0.5) is 9.39 Å². The third-order valence-corrected chi connectivity index (χ3v) is 7.16. The zero-order chi connectivity index (χ0) is 27.9. The number of carbonyl (C=O) groups is 4. The van der Waals surface area contributed by atoms with Crippen molar-refractivity contribution in [2.24, 2.45) is 11.0 Å². The molecule has 9 nitrogen and oxygen atoms in total. The van der Waals surface area contributed by atoms with Crippen LogP contribution in [-0.2, 0) is 27.2 Å². The van der Waals surface area contributed by atoms with Crippen molar-refractivity contribution in [3.05, 3.63) is 81.5 Å². The number of nitrogens with zero attached hydrogens (tertiary/aromatic N) is 1. The second-order valence-electron chi connectivity index (χ2n) is 8.87. The van der Waals surface area contributed by atoms with Crippen molar-refractivity contribution < 1.29 is 33.0 Å². The lowest BCUT2D eigenvalue weighted by atomic mass is 9.88. The van der Waals surface area contributed by atoms with Crippen LogP contribution in [0.3, 0.4) is 0 Å². The number of hydrazone groups is 1. The van der Waals surface area contributed by atoms with Gasteiger partial charge in [-0.2, -0.15) is 5.10 Å². The lowest BCUT2D eigenvalue weighted by Gasteiger charge is -2.18. The molecule has 3 aromatic rings. The van der Waals surface area contributed by atoms with Crippen LogP contribution >= 0.6 is 11.3 Å². The summed E-state index contributed by atoms with van der Waals surface area (Å²) in [5.74, 6) is -3.39. The van der Waals surface area contributed by atoms with Crippen molar-refractivity contribution in [2.75, 3.05) is 11.9 Å². The van der Waals surface area contributed by atoms with Gasteiger partial charge in [0.15, 0.2) is 0 Å². The number of thiophene rings is 1. The van der Waals surface area contributed by atoms with Crippen LogP contribution < -0.4 is 15.5 Å². The molecule has 2 aromatic carbocycles. The predicted molar refractivity (Wildman–Crippen MR) is 144 cm³/mol. The SMILES string of the molecule is CCOC(=O)c1c(NC(=O)C(=O)N/N=C\c2ccc(OC(=O)c3ccccc3F)cc2)sc2c1CC[C@@H](C)C2. The number of ether oxygens (including phenoxy) is 2. The van der Waals surface area contributed by atoms with Gasteiger partial charge in [-0.05, 0) is 79.6 Å². The Kier molecular flexibility index (Phi) is 8.82. The van der Waals surface area contributed by atoms with Crippen molar-refractivity contribution in [2.45, 2.75) is 33.1 Å². The van der Waals surface area contributed by atoms with E-state index in [4.69, 9.17) is 9.47 Å². The Hall–Kier alpha value is -4.38. The summed E-state index contributed by atoms with van der Waals surface area (Å²) >= 11 is 1.28. The second-order valence-corrected chi connectivity index (χ2v) is 9.97. The molecule has 1 atom stereocenters. The fraction of sp³-hybridized carbons (Fsp3) is 0.250. The molecule has 0 unspecified atom stereocenters. The Bertz CT molecular complexity index is 1430. The van der Waals surface area contributed by atoms with Crippen molar-refractivity contribution in [1.29, 1.82) is 0 Å². The van der Waals surface area contributed by atoms with Gasteiger partial charge in [0.05, 0.1) is 23.9 Å². The first-order valence-electron chi connectivity index (χ1n) is 12.3. The highest BCUT2D eigenvalue weighted by molar-refractivity contribution is 7.17. The molecule has 1 aliphatic rings. The fourth-order valence-corrected chi connectivity index (χ4v) is 5.44. The van der Waals surface area contributed by atoms with Gasteiger partial charge in [0, 0.05) is 4.88 Å². The van der Waals surface area contributed by atoms with E-state index in [0.717, 1.165) is 29.3 Å². The molecule has 0 bridgehead atoms. The number of carbonyl (C=O) groups excluding carboxylic acids is 4. The van der Waals surface area contributed by atoms with E-state index in [0.29, 0.717) is 23.5 Å². The average molecular weight is 552 g/mol. The first-order chi connectivity index (χ1) is 18.8. The minimum Gasteiger partial charge on any atom is -0.462 e. The Morgan fingerprint density at radius 1 is 1.08 bits per heavy atom. The molecule has 0 spiro atoms. The minimum absolute atomic E-state index is 0.184. The van der Waals surface area contributed by atoms with Crippen LogP contribution in [0.15, 0.2) is 53.6 Å². The Morgan fingerprint density at radius 2 is 1.82 bits per heavy atom. The molecule has 0 saturated carbocycles. The van der Waals surface area contributed by atoms with Gasteiger partial charge < -0.3 is 14.8 Å². The first-order valence-corrected chi connectivity index (χ1v) is 13.1. The highest BCUT2D eigenvalue weighted by Gasteiger charge is 2.30. The molecule has 2 amide bonds. The number of amides is 2. The maximum atomic E-state index is 13.7. The minimum atomic E-state index is -1.02. The average Bonchev–Trinajstić information content (AvgIpc) is 3.26. The molecular weight excluding hydrogens is 525 g/mol. The largest absolute Gasteiger partial charge is 0.462 e. The molecule has 0 radical (unpaired) electrons. The number of esters is 2. The van der Waals surface area contributed by atoms with Crippen molar-refractivity contribution in [3.63, 3.8) is 0 Å². The summed E-state index contributed by atoms with van der Waals surface area (Å²) in [6.07, 6.45) is 3.71. The number of benzene rings is 2. The van der Waals surface area contributed by atoms with Crippen LogP contribution in [0.5, 0.6) is 5.75 Å². The van der Waals surface area contributed by atoms with Crippen LogP contribution in [0.25, 0.3) is 0 Å². The number of fused-ring (bicyclic) bond motifs is 1. The van der Waals surface area contributed by atoms with Crippen LogP contribution in [0.2, 0.25) is 0 Å². The fourth-order valence-electron chi connectivity index (χ4n) is 4.04. The quantitative estimate of drug-likeness (QED) is 0.147. The van der Waals surface area contributed by atoms with Gasteiger partial charge in [0.25, 0.3) is 0 Å². The van der Waals surface area contributed by atoms with Gasteiger partial charge in [0.1, 0.15) is 16.6 Å². The van der Waals surface area contributed by atoms with Gasteiger partial charge in [-0.3, -0.25) is 9.59 Å². The van der Waals surface area contributed by atoms with E-state index < -0.39 is 29.6 Å². The zero-order valence-corrected chi connectivity index (χ0v) is 22.1. The summed E-state index contributed by atoms with van der Waals surface area (Å²) in [6, 6.07) is 11.6. The van der Waals surface area contributed by atoms with Gasteiger partial charge in [-0.15, -0.1) is 11.3 Å². The summed E-state index contributed by atoms with van der Waals surface area (Å²) in [5.41, 5.74) is 3.68. The molecule has 1 heterocycles. The monoisotopic (exact) mass is 551 g/mol. The Morgan fingerprint density at radius 3 is 2.54 bits per heavy atom.